The lowest BCUT2D eigenvalue weighted by Crippen LogP contribution is -2.43. The number of piperazine rings is 1. The number of halogens is 1. The smallest absolute Gasteiger partial charge is 0.124 e. The van der Waals surface area contributed by atoms with Gasteiger partial charge in [0.25, 0.3) is 0 Å². The van der Waals surface area contributed by atoms with E-state index in [-0.39, 0.29) is 5.82 Å². The molecular weight excluding hydrogens is 203 g/mol. The summed E-state index contributed by atoms with van der Waals surface area (Å²) in [6.07, 6.45) is 0. The largest absolute Gasteiger partial charge is 0.314 e. The Bertz CT molecular complexity index is 400. The highest BCUT2D eigenvalue weighted by Gasteiger charge is 2.06. The number of nitrogens with zero attached hydrogens (tertiary/aromatic N) is 1. The van der Waals surface area contributed by atoms with Gasteiger partial charge in [0.2, 0.25) is 0 Å². The zero-order chi connectivity index (χ0) is 11.2. The van der Waals surface area contributed by atoms with Crippen LogP contribution in [0.4, 0.5) is 4.39 Å². The van der Waals surface area contributed by atoms with E-state index in [4.69, 9.17) is 0 Å². The molecule has 0 saturated carbocycles. The van der Waals surface area contributed by atoms with Crippen molar-refractivity contribution in [2.45, 2.75) is 0 Å². The minimum absolute atomic E-state index is 0.228. The zero-order valence-electron chi connectivity index (χ0n) is 9.17. The van der Waals surface area contributed by atoms with E-state index in [0.29, 0.717) is 0 Å². The summed E-state index contributed by atoms with van der Waals surface area (Å²) in [7, 11) is 0. The normalized spacial score (nSPS) is 16.6. The standard InChI is InChI=1S/C13H15FN2/c14-13-5-1-3-12(11-13)4-2-8-16-9-6-15-7-10-16/h1,3,5,11,15H,6-10H2. The minimum Gasteiger partial charge on any atom is -0.314 e. The third-order valence-corrected chi connectivity index (χ3v) is 2.57. The number of hydrogen-bond donors (Lipinski definition) is 1. The van der Waals surface area contributed by atoms with E-state index in [1.165, 1.54) is 12.1 Å². The van der Waals surface area contributed by atoms with Gasteiger partial charge in [-0.05, 0) is 18.2 Å². The molecule has 1 aromatic carbocycles. The van der Waals surface area contributed by atoms with Gasteiger partial charge in [-0.1, -0.05) is 17.9 Å². The van der Waals surface area contributed by atoms with Crippen LogP contribution in [0, 0.1) is 17.7 Å². The molecule has 1 N–H and O–H groups in total. The Labute approximate surface area is 95.5 Å². The second kappa shape index (κ2) is 5.64. The first-order valence-corrected chi connectivity index (χ1v) is 5.52. The molecule has 1 heterocycles. The topological polar surface area (TPSA) is 15.3 Å². The van der Waals surface area contributed by atoms with Crippen molar-refractivity contribution in [3.8, 4) is 11.8 Å². The van der Waals surface area contributed by atoms with Crippen molar-refractivity contribution in [2.75, 3.05) is 32.7 Å². The van der Waals surface area contributed by atoms with Crippen LogP contribution in [-0.4, -0.2) is 37.6 Å². The zero-order valence-corrected chi connectivity index (χ0v) is 9.17. The molecule has 1 aliphatic rings. The third kappa shape index (κ3) is 3.34. The highest BCUT2D eigenvalue weighted by molar-refractivity contribution is 5.34. The molecular formula is C13H15FN2. The molecule has 1 aromatic rings. The number of nitrogens with one attached hydrogen (secondary N) is 1. The first-order chi connectivity index (χ1) is 7.84. The van der Waals surface area contributed by atoms with Crippen molar-refractivity contribution >= 4 is 0 Å². The van der Waals surface area contributed by atoms with Crippen molar-refractivity contribution in [3.63, 3.8) is 0 Å². The van der Waals surface area contributed by atoms with E-state index in [9.17, 15) is 4.39 Å². The molecule has 1 saturated heterocycles. The molecule has 0 aliphatic carbocycles. The van der Waals surface area contributed by atoms with Crippen LogP contribution in [0.1, 0.15) is 5.56 Å². The molecule has 2 nitrogen and oxygen atoms in total. The summed E-state index contributed by atoms with van der Waals surface area (Å²) in [5, 5.41) is 3.29. The van der Waals surface area contributed by atoms with Crippen LogP contribution < -0.4 is 5.32 Å². The molecule has 16 heavy (non-hydrogen) atoms. The molecule has 0 spiro atoms. The first-order valence-electron chi connectivity index (χ1n) is 5.52. The average molecular weight is 218 g/mol. The van der Waals surface area contributed by atoms with Crippen LogP contribution in [0.5, 0.6) is 0 Å². The lowest BCUT2D eigenvalue weighted by Gasteiger charge is -2.24. The second-order valence-corrected chi connectivity index (χ2v) is 3.84. The summed E-state index contributed by atoms with van der Waals surface area (Å²) in [6, 6.07) is 6.41. The summed E-state index contributed by atoms with van der Waals surface area (Å²) in [6.45, 7) is 4.90. The van der Waals surface area contributed by atoms with Crippen LogP contribution in [0.25, 0.3) is 0 Å². The lowest BCUT2D eigenvalue weighted by atomic mass is 10.2. The monoisotopic (exact) mass is 218 g/mol. The van der Waals surface area contributed by atoms with Crippen molar-refractivity contribution < 1.29 is 4.39 Å². The average Bonchev–Trinajstić information content (AvgIpc) is 2.30. The first kappa shape index (κ1) is 11.1. The highest BCUT2D eigenvalue weighted by Crippen LogP contribution is 2.01. The van der Waals surface area contributed by atoms with E-state index in [2.05, 4.69) is 22.1 Å². The fraction of sp³-hybridized carbons (Fsp3) is 0.385. The van der Waals surface area contributed by atoms with Gasteiger partial charge in [0, 0.05) is 31.7 Å². The molecule has 0 unspecified atom stereocenters. The van der Waals surface area contributed by atoms with Gasteiger partial charge in [0.15, 0.2) is 0 Å². The fourth-order valence-electron chi connectivity index (χ4n) is 1.69. The van der Waals surface area contributed by atoms with Gasteiger partial charge >= 0.3 is 0 Å². The Hall–Kier alpha value is -1.37. The quantitative estimate of drug-likeness (QED) is 0.710. The van der Waals surface area contributed by atoms with Gasteiger partial charge in [-0.2, -0.15) is 0 Å². The number of rotatable bonds is 1. The Morgan fingerprint density at radius 3 is 2.88 bits per heavy atom. The van der Waals surface area contributed by atoms with Crippen LogP contribution in [0.3, 0.4) is 0 Å². The predicted molar refractivity (Wildman–Crippen MR) is 62.6 cm³/mol. The lowest BCUT2D eigenvalue weighted by molar-refractivity contribution is 0.268. The molecule has 0 atom stereocenters. The van der Waals surface area contributed by atoms with E-state index in [1.807, 2.05) is 6.07 Å². The predicted octanol–water partition coefficient (Wildman–Crippen LogP) is 1.08. The van der Waals surface area contributed by atoms with Crippen molar-refractivity contribution in [1.82, 2.24) is 10.2 Å². The molecule has 1 aliphatic heterocycles. The highest BCUT2D eigenvalue weighted by atomic mass is 19.1. The Morgan fingerprint density at radius 1 is 1.31 bits per heavy atom. The van der Waals surface area contributed by atoms with Crippen LogP contribution >= 0.6 is 0 Å². The molecule has 2 rings (SSSR count). The second-order valence-electron chi connectivity index (χ2n) is 3.84. The molecule has 0 bridgehead atoms. The van der Waals surface area contributed by atoms with E-state index in [1.54, 1.807) is 6.07 Å². The minimum atomic E-state index is -0.228. The number of benzene rings is 1. The van der Waals surface area contributed by atoms with Gasteiger partial charge in [0.1, 0.15) is 5.82 Å². The van der Waals surface area contributed by atoms with Gasteiger partial charge in [-0.25, -0.2) is 4.39 Å². The molecule has 0 aromatic heterocycles. The van der Waals surface area contributed by atoms with Crippen LogP contribution in [-0.2, 0) is 0 Å². The maximum atomic E-state index is 12.9. The fourth-order valence-corrected chi connectivity index (χ4v) is 1.69. The third-order valence-electron chi connectivity index (χ3n) is 2.57. The van der Waals surface area contributed by atoms with E-state index in [0.717, 1.165) is 38.3 Å². The molecule has 1 fully saturated rings. The Kier molecular flexibility index (Phi) is 3.92. The summed E-state index contributed by atoms with van der Waals surface area (Å²) < 4.78 is 12.9. The van der Waals surface area contributed by atoms with Gasteiger partial charge < -0.3 is 5.32 Å². The summed E-state index contributed by atoms with van der Waals surface area (Å²) in [4.78, 5) is 2.29. The van der Waals surface area contributed by atoms with Gasteiger partial charge in [-0.3, -0.25) is 4.90 Å². The molecule has 0 radical (unpaired) electrons. The summed E-state index contributed by atoms with van der Waals surface area (Å²) in [5.41, 5.74) is 0.745. The maximum Gasteiger partial charge on any atom is 0.124 e. The van der Waals surface area contributed by atoms with Crippen molar-refractivity contribution in [2.24, 2.45) is 0 Å². The SMILES string of the molecule is Fc1cccc(C#CCN2CCNCC2)c1. The van der Waals surface area contributed by atoms with Gasteiger partial charge in [0.05, 0.1) is 6.54 Å². The van der Waals surface area contributed by atoms with Crippen LogP contribution in [0.2, 0.25) is 0 Å². The van der Waals surface area contributed by atoms with E-state index >= 15 is 0 Å². The molecule has 84 valence electrons. The Morgan fingerprint density at radius 2 is 2.12 bits per heavy atom. The van der Waals surface area contributed by atoms with Crippen molar-refractivity contribution in [1.29, 1.82) is 0 Å². The number of hydrogen-bond acceptors (Lipinski definition) is 2. The van der Waals surface area contributed by atoms with Gasteiger partial charge in [-0.15, -0.1) is 0 Å². The Balaban J connectivity index is 1.89. The van der Waals surface area contributed by atoms with E-state index < -0.39 is 0 Å². The molecule has 3 heteroatoms. The summed E-state index contributed by atoms with van der Waals surface area (Å²) in [5.74, 6) is 5.83. The molecule has 0 amide bonds. The summed E-state index contributed by atoms with van der Waals surface area (Å²) >= 11 is 0. The van der Waals surface area contributed by atoms with Crippen LogP contribution in [0.15, 0.2) is 24.3 Å². The van der Waals surface area contributed by atoms with Crippen molar-refractivity contribution in [3.05, 3.63) is 35.6 Å². The maximum absolute atomic E-state index is 12.9.